The molecular formula is C23H23N3O6S. The van der Waals surface area contributed by atoms with Crippen molar-refractivity contribution in [2.24, 2.45) is 0 Å². The number of benzene rings is 1. The molecule has 0 radical (unpaired) electrons. The first-order chi connectivity index (χ1) is 16.0. The standard InChI is InChI=1S/C23H23N3O6S/c1-30-17-11-16(12-18(31-2)21(17)32-3)13-19-22(28)26(23(29)33-19)10-9-25-20(27)7-6-15-5-4-8-24-14-15/h4-8,11-14H,9-10H2,1-3H3,(H,25,27). The number of ether oxygens (including phenoxy) is 3. The van der Waals surface area contributed by atoms with Crippen LogP contribution in [0, 0.1) is 0 Å². The summed E-state index contributed by atoms with van der Waals surface area (Å²) in [5, 5.41) is 2.26. The summed E-state index contributed by atoms with van der Waals surface area (Å²) in [6, 6.07) is 6.95. The molecule has 1 aliphatic heterocycles. The van der Waals surface area contributed by atoms with Crippen molar-refractivity contribution >= 4 is 41.0 Å². The fraction of sp³-hybridized carbons (Fsp3) is 0.217. The summed E-state index contributed by atoms with van der Waals surface area (Å²) >= 11 is 0.832. The molecule has 0 bridgehead atoms. The summed E-state index contributed by atoms with van der Waals surface area (Å²) in [4.78, 5) is 42.4. The van der Waals surface area contributed by atoms with Crippen molar-refractivity contribution in [1.82, 2.24) is 15.2 Å². The molecule has 1 saturated heterocycles. The Kier molecular flexibility index (Phi) is 8.09. The van der Waals surface area contributed by atoms with Gasteiger partial charge >= 0.3 is 0 Å². The van der Waals surface area contributed by atoms with Gasteiger partial charge in [0.25, 0.3) is 11.1 Å². The molecule has 0 saturated carbocycles. The molecule has 2 aromatic rings. The lowest BCUT2D eigenvalue weighted by molar-refractivity contribution is -0.123. The third kappa shape index (κ3) is 5.92. The Morgan fingerprint density at radius 1 is 1.12 bits per heavy atom. The second kappa shape index (κ2) is 11.2. The predicted octanol–water partition coefficient (Wildman–Crippen LogP) is 2.97. The maximum Gasteiger partial charge on any atom is 0.293 e. The first-order valence-corrected chi connectivity index (χ1v) is 10.7. The number of aromatic nitrogens is 1. The van der Waals surface area contributed by atoms with Crippen LogP contribution in [-0.2, 0) is 9.59 Å². The average Bonchev–Trinajstić information content (AvgIpc) is 3.09. The molecule has 172 valence electrons. The summed E-state index contributed by atoms with van der Waals surface area (Å²) in [5.74, 6) is 0.532. The lowest BCUT2D eigenvalue weighted by Crippen LogP contribution is -2.36. The van der Waals surface area contributed by atoms with Crippen molar-refractivity contribution < 1.29 is 28.6 Å². The first-order valence-electron chi connectivity index (χ1n) is 9.88. The molecular weight excluding hydrogens is 446 g/mol. The van der Waals surface area contributed by atoms with Crippen LogP contribution < -0.4 is 19.5 Å². The van der Waals surface area contributed by atoms with Gasteiger partial charge in [0.2, 0.25) is 11.7 Å². The molecule has 0 atom stereocenters. The van der Waals surface area contributed by atoms with Crippen LogP contribution in [0.5, 0.6) is 17.2 Å². The highest BCUT2D eigenvalue weighted by Gasteiger charge is 2.34. The minimum absolute atomic E-state index is 0.0593. The van der Waals surface area contributed by atoms with E-state index in [0.29, 0.717) is 22.8 Å². The number of nitrogens with one attached hydrogen (secondary N) is 1. The van der Waals surface area contributed by atoms with E-state index in [4.69, 9.17) is 14.2 Å². The maximum absolute atomic E-state index is 12.7. The minimum atomic E-state index is -0.432. The van der Waals surface area contributed by atoms with E-state index in [9.17, 15) is 14.4 Å². The fourth-order valence-corrected chi connectivity index (χ4v) is 3.89. The molecule has 33 heavy (non-hydrogen) atoms. The van der Waals surface area contributed by atoms with Gasteiger partial charge < -0.3 is 19.5 Å². The Morgan fingerprint density at radius 3 is 2.45 bits per heavy atom. The van der Waals surface area contributed by atoms with Crippen molar-refractivity contribution in [2.45, 2.75) is 0 Å². The van der Waals surface area contributed by atoms with Crippen LogP contribution in [0.3, 0.4) is 0 Å². The molecule has 2 heterocycles. The number of pyridine rings is 1. The van der Waals surface area contributed by atoms with Crippen molar-refractivity contribution in [2.75, 3.05) is 34.4 Å². The topological polar surface area (TPSA) is 107 Å². The number of imide groups is 1. The number of thioether (sulfide) groups is 1. The van der Waals surface area contributed by atoms with E-state index in [-0.39, 0.29) is 23.9 Å². The summed E-state index contributed by atoms with van der Waals surface area (Å²) < 4.78 is 15.9. The van der Waals surface area contributed by atoms with E-state index in [1.54, 1.807) is 42.7 Å². The lowest BCUT2D eigenvalue weighted by atomic mass is 10.1. The van der Waals surface area contributed by atoms with Gasteiger partial charge in [-0.25, -0.2) is 0 Å². The first kappa shape index (κ1) is 23.9. The van der Waals surface area contributed by atoms with Crippen molar-refractivity contribution in [3.8, 4) is 17.2 Å². The summed E-state index contributed by atoms with van der Waals surface area (Å²) in [6.07, 6.45) is 7.86. The van der Waals surface area contributed by atoms with Gasteiger partial charge in [-0.1, -0.05) is 6.07 Å². The average molecular weight is 470 g/mol. The van der Waals surface area contributed by atoms with E-state index in [1.807, 2.05) is 6.07 Å². The number of carbonyl (C=O) groups is 3. The van der Waals surface area contributed by atoms with Gasteiger partial charge in [0, 0.05) is 31.6 Å². The number of hydrogen-bond donors (Lipinski definition) is 1. The number of rotatable bonds is 9. The molecule has 0 aliphatic carbocycles. The second-order valence-corrected chi connectivity index (χ2v) is 7.70. The highest BCUT2D eigenvalue weighted by Crippen LogP contribution is 2.40. The zero-order valence-corrected chi connectivity index (χ0v) is 19.2. The monoisotopic (exact) mass is 469 g/mol. The minimum Gasteiger partial charge on any atom is -0.493 e. The number of carbonyl (C=O) groups excluding carboxylic acids is 3. The van der Waals surface area contributed by atoms with Crippen LogP contribution in [0.2, 0.25) is 0 Å². The second-order valence-electron chi connectivity index (χ2n) is 6.70. The van der Waals surface area contributed by atoms with Crippen molar-refractivity contribution in [1.29, 1.82) is 0 Å². The summed E-state index contributed by atoms with van der Waals surface area (Å²) in [5.41, 5.74) is 1.40. The Morgan fingerprint density at radius 2 is 1.85 bits per heavy atom. The molecule has 1 aliphatic rings. The maximum atomic E-state index is 12.7. The van der Waals surface area contributed by atoms with Crippen LogP contribution in [-0.4, -0.2) is 61.4 Å². The Hall–Kier alpha value is -3.79. The zero-order chi connectivity index (χ0) is 23.8. The van der Waals surface area contributed by atoms with E-state index in [2.05, 4.69) is 10.3 Å². The highest BCUT2D eigenvalue weighted by atomic mass is 32.2. The third-order valence-electron chi connectivity index (χ3n) is 4.60. The Balaban J connectivity index is 1.63. The van der Waals surface area contributed by atoms with Gasteiger partial charge in [0.1, 0.15) is 0 Å². The smallest absolute Gasteiger partial charge is 0.293 e. The quantitative estimate of drug-likeness (QED) is 0.559. The molecule has 3 rings (SSSR count). The van der Waals surface area contributed by atoms with Crippen LogP contribution in [0.4, 0.5) is 4.79 Å². The van der Waals surface area contributed by atoms with Crippen LogP contribution in [0.1, 0.15) is 11.1 Å². The van der Waals surface area contributed by atoms with E-state index in [0.717, 1.165) is 22.2 Å². The van der Waals surface area contributed by atoms with E-state index < -0.39 is 11.1 Å². The molecule has 1 aromatic carbocycles. The van der Waals surface area contributed by atoms with Crippen molar-refractivity contribution in [3.05, 3.63) is 58.8 Å². The highest BCUT2D eigenvalue weighted by molar-refractivity contribution is 8.18. The Bertz CT molecular complexity index is 1080. The van der Waals surface area contributed by atoms with Gasteiger partial charge in [0.05, 0.1) is 26.2 Å². The Labute approximate surface area is 195 Å². The molecule has 0 unspecified atom stereocenters. The molecule has 1 fully saturated rings. The normalized spacial score (nSPS) is 14.8. The summed E-state index contributed by atoms with van der Waals surface area (Å²) in [6.45, 7) is 0.190. The summed E-state index contributed by atoms with van der Waals surface area (Å²) in [7, 11) is 4.49. The van der Waals surface area contributed by atoms with Crippen molar-refractivity contribution in [3.63, 3.8) is 0 Å². The van der Waals surface area contributed by atoms with Gasteiger partial charge in [-0.2, -0.15) is 0 Å². The van der Waals surface area contributed by atoms with E-state index >= 15 is 0 Å². The SMILES string of the molecule is COc1cc(C=C2SC(=O)N(CCNC(=O)C=Cc3cccnc3)C2=O)cc(OC)c1OC. The largest absolute Gasteiger partial charge is 0.493 e. The van der Waals surface area contributed by atoms with Gasteiger partial charge in [-0.3, -0.25) is 24.3 Å². The van der Waals surface area contributed by atoms with Crippen LogP contribution in [0.15, 0.2) is 47.6 Å². The molecule has 1 N–H and O–H groups in total. The molecule has 9 nitrogen and oxygen atoms in total. The fourth-order valence-electron chi connectivity index (χ4n) is 3.03. The van der Waals surface area contributed by atoms with Gasteiger partial charge in [-0.15, -0.1) is 0 Å². The van der Waals surface area contributed by atoms with Crippen LogP contribution >= 0.6 is 11.8 Å². The number of nitrogens with zero attached hydrogens (tertiary/aromatic N) is 2. The van der Waals surface area contributed by atoms with Gasteiger partial charge in [0.15, 0.2) is 11.5 Å². The van der Waals surface area contributed by atoms with E-state index in [1.165, 1.54) is 27.4 Å². The number of methoxy groups -OCH3 is 3. The zero-order valence-electron chi connectivity index (χ0n) is 18.4. The number of amides is 3. The molecule has 3 amide bonds. The lowest BCUT2D eigenvalue weighted by Gasteiger charge is -2.13. The molecule has 10 heteroatoms. The van der Waals surface area contributed by atoms with Crippen LogP contribution in [0.25, 0.3) is 12.2 Å². The predicted molar refractivity (Wildman–Crippen MR) is 125 cm³/mol. The molecule has 1 aromatic heterocycles. The third-order valence-corrected chi connectivity index (χ3v) is 5.51. The van der Waals surface area contributed by atoms with Gasteiger partial charge in [-0.05, 0) is 53.2 Å². The number of hydrogen-bond acceptors (Lipinski definition) is 8. The molecule has 0 spiro atoms.